The highest BCUT2D eigenvalue weighted by Crippen LogP contribution is 2.15. The lowest BCUT2D eigenvalue weighted by atomic mass is 10.1. The van der Waals surface area contributed by atoms with Crippen LogP contribution in [0.4, 0.5) is 16.2 Å². The smallest absolute Gasteiger partial charge is 0.323 e. The Bertz CT molecular complexity index is 724. The Morgan fingerprint density at radius 3 is 2.12 bits per heavy atom. The Morgan fingerprint density at radius 2 is 1.50 bits per heavy atom. The number of rotatable bonds is 5. The molecule has 24 heavy (non-hydrogen) atoms. The summed E-state index contributed by atoms with van der Waals surface area (Å²) in [6.45, 7) is 6.68. The van der Waals surface area contributed by atoms with Crippen LogP contribution < -0.4 is 16.0 Å². The molecule has 0 aliphatic rings. The van der Waals surface area contributed by atoms with Gasteiger partial charge >= 0.3 is 6.03 Å². The zero-order valence-corrected chi connectivity index (χ0v) is 14.3. The van der Waals surface area contributed by atoms with E-state index in [2.05, 4.69) is 16.0 Å². The van der Waals surface area contributed by atoms with E-state index in [1.807, 2.05) is 39.0 Å². The van der Waals surface area contributed by atoms with E-state index >= 15 is 0 Å². The summed E-state index contributed by atoms with van der Waals surface area (Å²) in [7, 11) is 0. The van der Waals surface area contributed by atoms with E-state index in [-0.39, 0.29) is 11.9 Å². The molecular weight excluding hydrogens is 302 g/mol. The van der Waals surface area contributed by atoms with Crippen molar-refractivity contribution in [1.82, 2.24) is 5.32 Å². The lowest BCUT2D eigenvalue weighted by Gasteiger charge is -2.10. The van der Waals surface area contributed by atoms with Gasteiger partial charge in [-0.15, -0.1) is 0 Å². The van der Waals surface area contributed by atoms with Gasteiger partial charge in [-0.2, -0.15) is 0 Å². The Kier molecular flexibility index (Phi) is 5.95. The SMILES string of the molecule is CCCNC(=O)c1ccc(NC(=O)Nc2ccc(C)c(C)c2)cc1. The van der Waals surface area contributed by atoms with Gasteiger partial charge in [-0.1, -0.05) is 13.0 Å². The molecule has 0 unspecified atom stereocenters. The molecular formula is C19H23N3O2. The molecule has 0 spiro atoms. The number of aryl methyl sites for hydroxylation is 2. The topological polar surface area (TPSA) is 70.2 Å². The van der Waals surface area contributed by atoms with Crippen molar-refractivity contribution < 1.29 is 9.59 Å². The van der Waals surface area contributed by atoms with Crippen molar-refractivity contribution in [1.29, 1.82) is 0 Å². The average Bonchev–Trinajstić information content (AvgIpc) is 2.56. The molecule has 0 heterocycles. The van der Waals surface area contributed by atoms with Gasteiger partial charge in [0.05, 0.1) is 0 Å². The van der Waals surface area contributed by atoms with Crippen molar-refractivity contribution in [3.63, 3.8) is 0 Å². The lowest BCUT2D eigenvalue weighted by molar-refractivity contribution is 0.0953. The fourth-order valence-electron chi connectivity index (χ4n) is 2.16. The molecule has 0 saturated heterocycles. The van der Waals surface area contributed by atoms with Gasteiger partial charge in [0.15, 0.2) is 0 Å². The first-order valence-corrected chi connectivity index (χ1v) is 8.03. The van der Waals surface area contributed by atoms with E-state index in [0.717, 1.165) is 17.7 Å². The third-order valence-electron chi connectivity index (χ3n) is 3.71. The standard InChI is InChI=1S/C19H23N3O2/c1-4-11-20-18(23)15-6-9-16(10-7-15)21-19(24)22-17-8-5-13(2)14(3)12-17/h5-10,12H,4,11H2,1-3H3,(H,20,23)(H2,21,22,24). The van der Waals surface area contributed by atoms with Crippen molar-refractivity contribution in [2.24, 2.45) is 0 Å². The third kappa shape index (κ3) is 4.84. The van der Waals surface area contributed by atoms with Gasteiger partial charge < -0.3 is 16.0 Å². The maximum Gasteiger partial charge on any atom is 0.323 e. The van der Waals surface area contributed by atoms with E-state index in [1.54, 1.807) is 24.3 Å². The second-order valence-corrected chi connectivity index (χ2v) is 5.71. The van der Waals surface area contributed by atoms with E-state index in [0.29, 0.717) is 17.8 Å². The molecule has 3 N–H and O–H groups in total. The molecule has 5 nitrogen and oxygen atoms in total. The number of anilines is 2. The fourth-order valence-corrected chi connectivity index (χ4v) is 2.16. The van der Waals surface area contributed by atoms with Crippen LogP contribution in [0.15, 0.2) is 42.5 Å². The number of hydrogen-bond donors (Lipinski definition) is 3. The van der Waals surface area contributed by atoms with Crippen LogP contribution in [0.1, 0.15) is 34.8 Å². The molecule has 2 aromatic rings. The van der Waals surface area contributed by atoms with Crippen molar-refractivity contribution >= 4 is 23.3 Å². The van der Waals surface area contributed by atoms with Gasteiger partial charge in [0, 0.05) is 23.5 Å². The number of amides is 3. The quantitative estimate of drug-likeness (QED) is 0.775. The van der Waals surface area contributed by atoms with Crippen LogP contribution in [0, 0.1) is 13.8 Å². The van der Waals surface area contributed by atoms with Crippen molar-refractivity contribution in [2.75, 3.05) is 17.2 Å². The first-order chi connectivity index (χ1) is 11.5. The predicted octanol–water partition coefficient (Wildman–Crippen LogP) is 4.09. The van der Waals surface area contributed by atoms with E-state index < -0.39 is 0 Å². The van der Waals surface area contributed by atoms with Gasteiger partial charge in [0.2, 0.25) is 0 Å². The minimum atomic E-state index is -0.318. The van der Waals surface area contributed by atoms with E-state index in [9.17, 15) is 9.59 Å². The van der Waals surface area contributed by atoms with Crippen LogP contribution in [0.25, 0.3) is 0 Å². The molecule has 0 aliphatic carbocycles. The maximum atomic E-state index is 12.0. The number of benzene rings is 2. The predicted molar refractivity (Wildman–Crippen MR) is 97.6 cm³/mol. The Balaban J connectivity index is 1.94. The van der Waals surface area contributed by atoms with Crippen LogP contribution in [0.3, 0.4) is 0 Å². The monoisotopic (exact) mass is 325 g/mol. The van der Waals surface area contributed by atoms with Crippen molar-refractivity contribution in [3.05, 3.63) is 59.2 Å². The van der Waals surface area contributed by atoms with Crippen LogP contribution in [-0.2, 0) is 0 Å². The average molecular weight is 325 g/mol. The van der Waals surface area contributed by atoms with Crippen LogP contribution in [-0.4, -0.2) is 18.5 Å². The largest absolute Gasteiger partial charge is 0.352 e. The van der Waals surface area contributed by atoms with Gasteiger partial charge in [-0.25, -0.2) is 4.79 Å². The molecule has 0 radical (unpaired) electrons. The minimum absolute atomic E-state index is 0.108. The zero-order valence-electron chi connectivity index (χ0n) is 14.3. The first-order valence-electron chi connectivity index (χ1n) is 8.03. The van der Waals surface area contributed by atoms with Gasteiger partial charge in [-0.3, -0.25) is 4.79 Å². The molecule has 0 fully saturated rings. The Labute approximate surface area is 142 Å². The second-order valence-electron chi connectivity index (χ2n) is 5.71. The number of nitrogens with one attached hydrogen (secondary N) is 3. The van der Waals surface area contributed by atoms with Crippen LogP contribution >= 0.6 is 0 Å². The maximum absolute atomic E-state index is 12.0. The summed E-state index contributed by atoms with van der Waals surface area (Å²) in [6, 6.07) is 12.2. The van der Waals surface area contributed by atoms with Crippen LogP contribution in [0.2, 0.25) is 0 Å². The van der Waals surface area contributed by atoms with Crippen LogP contribution in [0.5, 0.6) is 0 Å². The summed E-state index contributed by atoms with van der Waals surface area (Å²) in [5.41, 5.74) is 4.24. The Morgan fingerprint density at radius 1 is 0.875 bits per heavy atom. The lowest BCUT2D eigenvalue weighted by Crippen LogP contribution is -2.24. The fraction of sp³-hybridized carbons (Fsp3) is 0.263. The first kappa shape index (κ1) is 17.5. The van der Waals surface area contributed by atoms with Crippen molar-refractivity contribution in [2.45, 2.75) is 27.2 Å². The number of carbonyl (C=O) groups excluding carboxylic acids is 2. The summed E-state index contributed by atoms with van der Waals surface area (Å²) in [5, 5.41) is 8.36. The molecule has 3 amide bonds. The molecule has 2 aromatic carbocycles. The molecule has 0 saturated carbocycles. The van der Waals surface area contributed by atoms with Gasteiger partial charge in [0.25, 0.3) is 5.91 Å². The molecule has 5 heteroatoms. The molecule has 0 atom stereocenters. The summed E-state index contributed by atoms with van der Waals surface area (Å²) in [6.07, 6.45) is 0.893. The Hall–Kier alpha value is -2.82. The normalized spacial score (nSPS) is 10.1. The highest BCUT2D eigenvalue weighted by atomic mass is 16.2. The highest BCUT2D eigenvalue weighted by molar-refractivity contribution is 6.00. The summed E-state index contributed by atoms with van der Waals surface area (Å²) in [4.78, 5) is 23.9. The van der Waals surface area contributed by atoms with Crippen molar-refractivity contribution in [3.8, 4) is 0 Å². The number of hydrogen-bond acceptors (Lipinski definition) is 2. The zero-order chi connectivity index (χ0) is 17.5. The second kappa shape index (κ2) is 8.15. The summed E-state index contributed by atoms with van der Waals surface area (Å²) < 4.78 is 0. The summed E-state index contributed by atoms with van der Waals surface area (Å²) in [5.74, 6) is -0.108. The van der Waals surface area contributed by atoms with Gasteiger partial charge in [0.1, 0.15) is 0 Å². The minimum Gasteiger partial charge on any atom is -0.352 e. The molecule has 126 valence electrons. The van der Waals surface area contributed by atoms with E-state index in [4.69, 9.17) is 0 Å². The van der Waals surface area contributed by atoms with E-state index in [1.165, 1.54) is 5.56 Å². The molecule has 0 aliphatic heterocycles. The molecule has 0 bridgehead atoms. The molecule has 0 aromatic heterocycles. The van der Waals surface area contributed by atoms with Gasteiger partial charge in [-0.05, 0) is 67.8 Å². The molecule has 2 rings (SSSR count). The number of urea groups is 1. The highest BCUT2D eigenvalue weighted by Gasteiger charge is 2.06. The summed E-state index contributed by atoms with van der Waals surface area (Å²) >= 11 is 0. The number of carbonyl (C=O) groups is 2. The third-order valence-corrected chi connectivity index (χ3v) is 3.71.